The first-order valence-electron chi connectivity index (χ1n) is 14.5. The molecule has 0 fully saturated rings. The van der Waals surface area contributed by atoms with Crippen LogP contribution in [0.2, 0.25) is 0 Å². The van der Waals surface area contributed by atoms with Crippen LogP contribution in [-0.4, -0.2) is 4.57 Å². The lowest BCUT2D eigenvalue weighted by molar-refractivity contribution is 0.630. The quantitative estimate of drug-likeness (QED) is 0.222. The van der Waals surface area contributed by atoms with Gasteiger partial charge in [0.1, 0.15) is 11.2 Å². The fourth-order valence-corrected chi connectivity index (χ4v) is 7.16. The van der Waals surface area contributed by atoms with E-state index in [4.69, 9.17) is 4.42 Å². The normalized spacial score (nSPS) is 13.7. The highest BCUT2D eigenvalue weighted by Gasteiger charge is 2.35. The van der Waals surface area contributed by atoms with Crippen LogP contribution >= 0.6 is 0 Å². The Hall–Kier alpha value is -5.28. The van der Waals surface area contributed by atoms with Crippen LogP contribution in [0.25, 0.3) is 49.4 Å². The van der Waals surface area contributed by atoms with Gasteiger partial charge in [0.25, 0.3) is 0 Å². The lowest BCUT2D eigenvalue weighted by atomic mass is 9.75. The van der Waals surface area contributed by atoms with Crippen molar-refractivity contribution < 1.29 is 4.42 Å². The van der Waals surface area contributed by atoms with Gasteiger partial charge in [0.15, 0.2) is 0 Å². The van der Waals surface area contributed by atoms with Gasteiger partial charge in [-0.1, -0.05) is 86.6 Å². The van der Waals surface area contributed by atoms with E-state index in [1.807, 2.05) is 0 Å². The highest BCUT2D eigenvalue weighted by Crippen LogP contribution is 2.48. The van der Waals surface area contributed by atoms with Crippen LogP contribution in [0.1, 0.15) is 25.0 Å². The average molecular weight is 541 g/mol. The first-order chi connectivity index (χ1) is 20.6. The third-order valence-corrected chi connectivity index (χ3v) is 9.14. The SMILES string of the molecule is CC1(C)c2ccccc2-n2c3cc4oc5cc(N(c6ccccc6)c6ccccc6)ccc5c4cc3c3cccc1c32. The number of rotatable bonds is 3. The van der Waals surface area contributed by atoms with Crippen molar-refractivity contribution in [3.63, 3.8) is 0 Å². The molecule has 0 spiro atoms. The minimum absolute atomic E-state index is 0.0773. The van der Waals surface area contributed by atoms with E-state index in [9.17, 15) is 0 Å². The molecule has 200 valence electrons. The highest BCUT2D eigenvalue weighted by molar-refractivity contribution is 6.18. The van der Waals surface area contributed by atoms with Gasteiger partial charge in [-0.15, -0.1) is 0 Å². The number of benzene rings is 6. The summed E-state index contributed by atoms with van der Waals surface area (Å²) in [6.07, 6.45) is 0. The average Bonchev–Trinajstić information content (AvgIpc) is 3.55. The molecule has 0 bridgehead atoms. The molecule has 0 saturated heterocycles. The summed E-state index contributed by atoms with van der Waals surface area (Å²) in [7, 11) is 0. The summed E-state index contributed by atoms with van der Waals surface area (Å²) in [5, 5.41) is 4.82. The van der Waals surface area contributed by atoms with E-state index >= 15 is 0 Å². The van der Waals surface area contributed by atoms with E-state index in [0.717, 1.165) is 39.0 Å². The Morgan fingerprint density at radius 3 is 1.95 bits per heavy atom. The summed E-state index contributed by atoms with van der Waals surface area (Å²) in [6, 6.07) is 47.8. The van der Waals surface area contributed by atoms with Crippen LogP contribution in [0.3, 0.4) is 0 Å². The van der Waals surface area contributed by atoms with Gasteiger partial charge in [-0.05, 0) is 59.7 Å². The van der Waals surface area contributed by atoms with Crippen molar-refractivity contribution in [2.24, 2.45) is 0 Å². The van der Waals surface area contributed by atoms with E-state index in [0.29, 0.717) is 0 Å². The Labute approximate surface area is 243 Å². The molecule has 3 heteroatoms. The second-order valence-corrected chi connectivity index (χ2v) is 11.8. The Balaban J connectivity index is 1.30. The number of hydrogen-bond donors (Lipinski definition) is 0. The predicted octanol–water partition coefficient (Wildman–Crippen LogP) is 10.8. The topological polar surface area (TPSA) is 21.3 Å². The molecule has 1 aliphatic rings. The maximum Gasteiger partial charge on any atom is 0.137 e. The van der Waals surface area contributed by atoms with Crippen LogP contribution in [-0.2, 0) is 5.41 Å². The monoisotopic (exact) mass is 540 g/mol. The van der Waals surface area contributed by atoms with Crippen molar-refractivity contribution in [3.8, 4) is 5.69 Å². The van der Waals surface area contributed by atoms with Crippen molar-refractivity contribution in [2.45, 2.75) is 19.3 Å². The number of aromatic nitrogens is 1. The minimum Gasteiger partial charge on any atom is -0.456 e. The van der Waals surface area contributed by atoms with Crippen molar-refractivity contribution in [1.29, 1.82) is 0 Å². The summed E-state index contributed by atoms with van der Waals surface area (Å²) in [5.41, 5.74) is 11.4. The second kappa shape index (κ2) is 8.37. The molecule has 3 nitrogen and oxygen atoms in total. The molecule has 0 aliphatic carbocycles. The molecular weight excluding hydrogens is 512 g/mol. The predicted molar refractivity (Wildman–Crippen MR) is 175 cm³/mol. The largest absolute Gasteiger partial charge is 0.456 e. The van der Waals surface area contributed by atoms with Crippen molar-refractivity contribution in [3.05, 3.63) is 145 Å². The Morgan fingerprint density at radius 1 is 0.524 bits per heavy atom. The van der Waals surface area contributed by atoms with E-state index < -0.39 is 0 Å². The summed E-state index contributed by atoms with van der Waals surface area (Å²) >= 11 is 0. The first kappa shape index (κ1) is 23.4. The number of fused-ring (bicyclic) bond motifs is 8. The lowest BCUT2D eigenvalue weighted by Gasteiger charge is -2.34. The smallest absolute Gasteiger partial charge is 0.137 e. The van der Waals surface area contributed by atoms with Gasteiger partial charge in [0.2, 0.25) is 0 Å². The van der Waals surface area contributed by atoms with Crippen molar-refractivity contribution in [1.82, 2.24) is 4.57 Å². The summed E-state index contributed by atoms with van der Waals surface area (Å²) in [6.45, 7) is 4.68. The molecule has 6 aromatic carbocycles. The molecule has 0 N–H and O–H groups in total. The van der Waals surface area contributed by atoms with Crippen LogP contribution < -0.4 is 4.90 Å². The standard InChI is InChI=1S/C39H28N2O/c1-39(2)32-17-9-10-19-34(32)41-35-24-37-31(23-30(35)29-16-11-18-33(39)38(29)41)28-21-20-27(22-36(28)42-37)40(25-12-5-3-6-13-25)26-14-7-4-8-15-26/h3-24H,1-2H3. The number of anilines is 3. The molecule has 0 atom stereocenters. The van der Waals surface area contributed by atoms with Gasteiger partial charge in [0.05, 0.1) is 16.7 Å². The fourth-order valence-electron chi connectivity index (χ4n) is 7.16. The first-order valence-corrected chi connectivity index (χ1v) is 14.5. The van der Waals surface area contributed by atoms with Crippen LogP contribution in [0.15, 0.2) is 138 Å². The van der Waals surface area contributed by atoms with E-state index in [1.54, 1.807) is 0 Å². The molecule has 2 aromatic heterocycles. The Bertz CT molecular complexity index is 2280. The minimum atomic E-state index is -0.0773. The molecule has 9 rings (SSSR count). The van der Waals surface area contributed by atoms with Gasteiger partial charge in [0, 0.05) is 56.2 Å². The van der Waals surface area contributed by atoms with E-state index in [2.05, 4.69) is 157 Å². The number of para-hydroxylation sites is 4. The van der Waals surface area contributed by atoms with E-state index in [-0.39, 0.29) is 5.41 Å². The van der Waals surface area contributed by atoms with Gasteiger partial charge in [-0.25, -0.2) is 0 Å². The third kappa shape index (κ3) is 3.11. The summed E-state index contributed by atoms with van der Waals surface area (Å²) in [5.74, 6) is 0. The van der Waals surface area contributed by atoms with Crippen molar-refractivity contribution >= 4 is 60.8 Å². The fraction of sp³-hybridized carbons (Fsp3) is 0.0769. The molecule has 0 radical (unpaired) electrons. The second-order valence-electron chi connectivity index (χ2n) is 11.8. The summed E-state index contributed by atoms with van der Waals surface area (Å²) < 4.78 is 9.11. The highest BCUT2D eigenvalue weighted by atomic mass is 16.3. The van der Waals surface area contributed by atoms with Gasteiger partial charge in [-0.3, -0.25) is 0 Å². The van der Waals surface area contributed by atoms with Gasteiger partial charge in [-0.2, -0.15) is 0 Å². The Morgan fingerprint density at radius 2 is 1.19 bits per heavy atom. The van der Waals surface area contributed by atoms with Gasteiger partial charge >= 0.3 is 0 Å². The third-order valence-electron chi connectivity index (χ3n) is 9.14. The molecule has 3 heterocycles. The lowest BCUT2D eigenvalue weighted by Crippen LogP contribution is -2.26. The number of hydrogen-bond acceptors (Lipinski definition) is 2. The molecule has 1 aliphatic heterocycles. The summed E-state index contributed by atoms with van der Waals surface area (Å²) in [4.78, 5) is 2.27. The Kier molecular flexibility index (Phi) is 4.67. The molecule has 0 saturated carbocycles. The van der Waals surface area contributed by atoms with Crippen LogP contribution in [0.5, 0.6) is 0 Å². The van der Waals surface area contributed by atoms with E-state index in [1.165, 1.54) is 38.6 Å². The number of furan rings is 1. The molecule has 0 unspecified atom stereocenters. The van der Waals surface area contributed by atoms with Crippen LogP contribution in [0, 0.1) is 0 Å². The maximum atomic E-state index is 6.66. The molecule has 8 aromatic rings. The zero-order valence-corrected chi connectivity index (χ0v) is 23.5. The van der Waals surface area contributed by atoms with Crippen LogP contribution in [0.4, 0.5) is 17.1 Å². The zero-order valence-electron chi connectivity index (χ0n) is 23.5. The molecule has 42 heavy (non-hydrogen) atoms. The molecule has 0 amide bonds. The zero-order chi connectivity index (χ0) is 28.0. The van der Waals surface area contributed by atoms with Crippen molar-refractivity contribution in [2.75, 3.05) is 4.90 Å². The van der Waals surface area contributed by atoms with Gasteiger partial charge < -0.3 is 13.9 Å². The molecular formula is C39H28N2O. The maximum absolute atomic E-state index is 6.66. The number of nitrogens with zero attached hydrogens (tertiary/aromatic N) is 2.